The van der Waals surface area contributed by atoms with E-state index in [9.17, 15) is 9.59 Å². The largest absolute Gasteiger partial charge is 0.497 e. The lowest BCUT2D eigenvalue weighted by atomic mass is 10.1. The van der Waals surface area contributed by atoms with Crippen molar-refractivity contribution >= 4 is 29.1 Å². The molecule has 2 rings (SSSR count). The molecule has 0 aliphatic heterocycles. The summed E-state index contributed by atoms with van der Waals surface area (Å²) in [5.74, 6) is 0.661. The summed E-state index contributed by atoms with van der Waals surface area (Å²) >= 11 is 6.11. The molecule has 2 N–H and O–H groups in total. The van der Waals surface area contributed by atoms with E-state index in [1.165, 1.54) is 20.2 Å². The molecule has 0 bridgehead atoms. The SMILES string of the molecule is CNC(=O)c1ccc(Cl)c(NC(=O)Cc2cc(OC)ccc2OC)c1. The summed E-state index contributed by atoms with van der Waals surface area (Å²) < 4.78 is 10.4. The van der Waals surface area contributed by atoms with Gasteiger partial charge in [0.1, 0.15) is 11.5 Å². The fourth-order valence-corrected chi connectivity index (χ4v) is 2.46. The van der Waals surface area contributed by atoms with Crippen molar-refractivity contribution in [2.24, 2.45) is 0 Å². The van der Waals surface area contributed by atoms with Crippen molar-refractivity contribution in [1.82, 2.24) is 5.32 Å². The quantitative estimate of drug-likeness (QED) is 0.828. The number of amides is 2. The average Bonchev–Trinajstić information content (AvgIpc) is 2.62. The van der Waals surface area contributed by atoms with E-state index in [0.29, 0.717) is 33.3 Å². The molecular weight excluding hydrogens is 344 g/mol. The first kappa shape index (κ1) is 18.6. The van der Waals surface area contributed by atoms with E-state index in [2.05, 4.69) is 10.6 Å². The molecule has 7 heteroatoms. The Morgan fingerprint density at radius 1 is 1.08 bits per heavy atom. The third kappa shape index (κ3) is 4.64. The number of rotatable bonds is 6. The average molecular weight is 363 g/mol. The summed E-state index contributed by atoms with van der Waals surface area (Å²) in [7, 11) is 4.62. The summed E-state index contributed by atoms with van der Waals surface area (Å²) in [5, 5.41) is 5.59. The first-order valence-corrected chi connectivity index (χ1v) is 7.88. The Morgan fingerprint density at radius 2 is 1.84 bits per heavy atom. The second-order valence-electron chi connectivity index (χ2n) is 5.18. The number of anilines is 1. The zero-order chi connectivity index (χ0) is 18.4. The van der Waals surface area contributed by atoms with E-state index in [4.69, 9.17) is 21.1 Å². The number of halogens is 1. The third-order valence-corrected chi connectivity index (χ3v) is 3.90. The molecule has 0 heterocycles. The Hall–Kier alpha value is -2.73. The molecule has 0 spiro atoms. The molecule has 0 saturated heterocycles. The van der Waals surface area contributed by atoms with Crippen LogP contribution in [0.1, 0.15) is 15.9 Å². The van der Waals surface area contributed by atoms with Gasteiger partial charge in [0.25, 0.3) is 5.91 Å². The molecular formula is C18H19ClN2O4. The normalized spacial score (nSPS) is 10.1. The highest BCUT2D eigenvalue weighted by atomic mass is 35.5. The molecule has 25 heavy (non-hydrogen) atoms. The van der Waals surface area contributed by atoms with Gasteiger partial charge < -0.3 is 20.1 Å². The fraction of sp³-hybridized carbons (Fsp3) is 0.222. The maximum Gasteiger partial charge on any atom is 0.251 e. The topological polar surface area (TPSA) is 76.7 Å². The van der Waals surface area contributed by atoms with E-state index >= 15 is 0 Å². The van der Waals surface area contributed by atoms with Crippen molar-refractivity contribution < 1.29 is 19.1 Å². The number of carbonyl (C=O) groups excluding carboxylic acids is 2. The molecule has 0 aromatic heterocycles. The molecule has 2 amide bonds. The van der Waals surface area contributed by atoms with Crippen LogP contribution in [-0.4, -0.2) is 33.1 Å². The lowest BCUT2D eigenvalue weighted by molar-refractivity contribution is -0.115. The summed E-state index contributed by atoms with van der Waals surface area (Å²) in [6, 6.07) is 9.91. The van der Waals surface area contributed by atoms with Gasteiger partial charge in [0, 0.05) is 18.2 Å². The first-order chi connectivity index (χ1) is 12.0. The van der Waals surface area contributed by atoms with Gasteiger partial charge in [0.2, 0.25) is 5.91 Å². The van der Waals surface area contributed by atoms with Crippen molar-refractivity contribution in [3.8, 4) is 11.5 Å². The van der Waals surface area contributed by atoms with Gasteiger partial charge in [-0.05, 0) is 36.4 Å². The second-order valence-corrected chi connectivity index (χ2v) is 5.58. The summed E-state index contributed by atoms with van der Waals surface area (Å²) in [6.07, 6.45) is 0.0703. The molecule has 132 valence electrons. The predicted octanol–water partition coefficient (Wildman–Crippen LogP) is 2.90. The van der Waals surface area contributed by atoms with Crippen LogP contribution in [0.4, 0.5) is 5.69 Å². The van der Waals surface area contributed by atoms with Crippen LogP contribution in [0.15, 0.2) is 36.4 Å². The Kier molecular flexibility index (Phi) is 6.25. The zero-order valence-corrected chi connectivity index (χ0v) is 14.9. The summed E-state index contributed by atoms with van der Waals surface area (Å²) in [6.45, 7) is 0. The molecule has 2 aromatic carbocycles. The monoisotopic (exact) mass is 362 g/mol. The van der Waals surface area contributed by atoms with Gasteiger partial charge in [-0.3, -0.25) is 9.59 Å². The molecule has 0 fully saturated rings. The number of hydrogen-bond acceptors (Lipinski definition) is 4. The van der Waals surface area contributed by atoms with Gasteiger partial charge in [-0.1, -0.05) is 11.6 Å². The van der Waals surface area contributed by atoms with Crippen LogP contribution < -0.4 is 20.1 Å². The van der Waals surface area contributed by atoms with E-state index < -0.39 is 0 Å². The van der Waals surface area contributed by atoms with Crippen LogP contribution in [0.3, 0.4) is 0 Å². The number of methoxy groups -OCH3 is 2. The minimum atomic E-state index is -0.289. The van der Waals surface area contributed by atoms with Gasteiger partial charge in [-0.25, -0.2) is 0 Å². The summed E-state index contributed by atoms with van der Waals surface area (Å²) in [5.41, 5.74) is 1.45. The van der Waals surface area contributed by atoms with Gasteiger partial charge in [0.15, 0.2) is 0 Å². The van der Waals surface area contributed by atoms with Gasteiger partial charge in [-0.2, -0.15) is 0 Å². The molecule has 0 atom stereocenters. The van der Waals surface area contributed by atoms with Crippen molar-refractivity contribution in [3.05, 3.63) is 52.5 Å². The highest BCUT2D eigenvalue weighted by Gasteiger charge is 2.13. The van der Waals surface area contributed by atoms with E-state index in [1.807, 2.05) is 0 Å². The Labute approximate surface area is 151 Å². The van der Waals surface area contributed by atoms with Crippen LogP contribution in [-0.2, 0) is 11.2 Å². The summed E-state index contributed by atoms with van der Waals surface area (Å²) in [4.78, 5) is 24.1. The van der Waals surface area contributed by atoms with Crippen LogP contribution in [0.25, 0.3) is 0 Å². The smallest absolute Gasteiger partial charge is 0.251 e. The van der Waals surface area contributed by atoms with Crippen molar-refractivity contribution in [2.75, 3.05) is 26.6 Å². The highest BCUT2D eigenvalue weighted by molar-refractivity contribution is 6.33. The van der Waals surface area contributed by atoms with Crippen LogP contribution in [0.5, 0.6) is 11.5 Å². The zero-order valence-electron chi connectivity index (χ0n) is 14.2. The van der Waals surface area contributed by atoms with Gasteiger partial charge in [-0.15, -0.1) is 0 Å². The Balaban J connectivity index is 2.19. The van der Waals surface area contributed by atoms with Crippen LogP contribution >= 0.6 is 11.6 Å². The number of benzene rings is 2. The first-order valence-electron chi connectivity index (χ1n) is 7.51. The van der Waals surface area contributed by atoms with Crippen LogP contribution in [0, 0.1) is 0 Å². The van der Waals surface area contributed by atoms with Crippen molar-refractivity contribution in [2.45, 2.75) is 6.42 Å². The number of nitrogens with one attached hydrogen (secondary N) is 2. The number of hydrogen-bond donors (Lipinski definition) is 2. The number of ether oxygens (including phenoxy) is 2. The predicted molar refractivity (Wildman–Crippen MR) is 96.7 cm³/mol. The Bertz CT molecular complexity index is 793. The van der Waals surface area contributed by atoms with E-state index in [1.54, 1.807) is 37.4 Å². The molecule has 0 aliphatic carbocycles. The molecule has 0 saturated carbocycles. The lowest BCUT2D eigenvalue weighted by Gasteiger charge is -2.12. The minimum Gasteiger partial charge on any atom is -0.497 e. The van der Waals surface area contributed by atoms with Gasteiger partial charge in [0.05, 0.1) is 31.4 Å². The molecule has 6 nitrogen and oxygen atoms in total. The molecule has 0 radical (unpaired) electrons. The van der Waals surface area contributed by atoms with Crippen molar-refractivity contribution in [1.29, 1.82) is 0 Å². The molecule has 0 aliphatic rings. The highest BCUT2D eigenvalue weighted by Crippen LogP contribution is 2.26. The Morgan fingerprint density at radius 3 is 2.48 bits per heavy atom. The van der Waals surface area contributed by atoms with Crippen LogP contribution in [0.2, 0.25) is 5.02 Å². The minimum absolute atomic E-state index is 0.0703. The number of carbonyl (C=O) groups is 2. The molecule has 2 aromatic rings. The third-order valence-electron chi connectivity index (χ3n) is 3.57. The molecule has 0 unspecified atom stereocenters. The lowest BCUT2D eigenvalue weighted by Crippen LogP contribution is -2.19. The van der Waals surface area contributed by atoms with E-state index in [0.717, 1.165) is 0 Å². The fourth-order valence-electron chi connectivity index (χ4n) is 2.29. The second kappa shape index (κ2) is 8.39. The maximum absolute atomic E-state index is 12.4. The standard InChI is InChI=1S/C18H19ClN2O4/c1-20-18(23)11-4-6-14(19)15(9-11)21-17(22)10-12-8-13(24-2)5-7-16(12)25-3/h4-9H,10H2,1-3H3,(H,20,23)(H,21,22). The van der Waals surface area contributed by atoms with Gasteiger partial charge >= 0.3 is 0 Å². The van der Waals surface area contributed by atoms with Crippen molar-refractivity contribution in [3.63, 3.8) is 0 Å². The van der Waals surface area contributed by atoms with E-state index in [-0.39, 0.29) is 18.2 Å². The maximum atomic E-state index is 12.4.